The van der Waals surface area contributed by atoms with Crippen LogP contribution in [0.3, 0.4) is 0 Å². The average molecular weight is 452 g/mol. The normalized spacial score (nSPS) is 19.4. The number of benzene rings is 1. The first-order valence-electron chi connectivity index (χ1n) is 11.8. The predicted octanol–water partition coefficient (Wildman–Crippen LogP) is 4.68. The highest BCUT2D eigenvalue weighted by Gasteiger charge is 2.34. The van der Waals surface area contributed by atoms with E-state index in [4.69, 9.17) is 0 Å². The van der Waals surface area contributed by atoms with Gasteiger partial charge in [-0.2, -0.15) is 0 Å². The zero-order valence-electron chi connectivity index (χ0n) is 18.9. The number of rotatable bonds is 9. The number of halogens is 2. The van der Waals surface area contributed by atoms with Gasteiger partial charge in [-0.25, -0.2) is 4.39 Å². The van der Waals surface area contributed by atoms with Crippen LogP contribution < -0.4 is 5.32 Å². The van der Waals surface area contributed by atoms with Gasteiger partial charge in [-0.05, 0) is 30.9 Å². The molecule has 2 aliphatic rings. The van der Waals surface area contributed by atoms with Crippen molar-refractivity contribution in [3.8, 4) is 0 Å². The Morgan fingerprint density at radius 3 is 2.88 bits per heavy atom. The van der Waals surface area contributed by atoms with E-state index in [1.807, 2.05) is 18.2 Å². The number of hydrogen-bond donors (Lipinski definition) is 2. The molecule has 0 unspecified atom stereocenters. The van der Waals surface area contributed by atoms with Crippen molar-refractivity contribution in [2.24, 2.45) is 0 Å². The van der Waals surface area contributed by atoms with E-state index < -0.39 is 0 Å². The molecule has 174 valence electrons. The quantitative estimate of drug-likeness (QED) is 0.464. The van der Waals surface area contributed by atoms with E-state index >= 15 is 4.39 Å². The third-order valence-corrected chi connectivity index (χ3v) is 6.82. The van der Waals surface area contributed by atoms with Gasteiger partial charge in [-0.1, -0.05) is 24.3 Å². The van der Waals surface area contributed by atoms with Crippen molar-refractivity contribution < 1.29 is 8.78 Å². The molecular weight excluding hydrogens is 420 g/mol. The molecule has 1 atom stereocenters. The van der Waals surface area contributed by atoms with Crippen LogP contribution in [0, 0.1) is 5.82 Å². The van der Waals surface area contributed by atoms with Crippen LogP contribution in [0.25, 0.3) is 10.9 Å². The van der Waals surface area contributed by atoms with Gasteiger partial charge in [0.25, 0.3) is 0 Å². The number of pyridine rings is 1. The minimum absolute atomic E-state index is 0.246. The molecule has 2 N–H and O–H groups in total. The molecule has 2 aliphatic heterocycles. The van der Waals surface area contributed by atoms with E-state index in [9.17, 15) is 4.39 Å². The van der Waals surface area contributed by atoms with Crippen LogP contribution >= 0.6 is 0 Å². The number of alkyl halides is 1. The fraction of sp³-hybridized carbons (Fsp3) is 0.423. The molecule has 33 heavy (non-hydrogen) atoms. The number of likely N-dealkylation sites (tertiary alicyclic amines) is 1. The number of nitrogens with one attached hydrogen (secondary N) is 2. The molecule has 5 rings (SSSR count). The fourth-order valence-electron chi connectivity index (χ4n) is 5.19. The summed E-state index contributed by atoms with van der Waals surface area (Å²) in [6.45, 7) is 7.70. The standard InChI is InChI=1S/C26H31F2N5/c1-2-3-12-33-13-9-21-20-7-4-5-8-23(20)31-24(21)26(33)25-22(28)14-18(15-29-25)30-19-16-32(17-19)11-6-10-27/h2,4-5,7-8,14-15,19,26,30-31H,1,3,6,9-13,16-17H2/t26-/m0/s1. The van der Waals surface area contributed by atoms with Gasteiger partial charge in [0.05, 0.1) is 36.3 Å². The number of H-pyrrole nitrogens is 1. The van der Waals surface area contributed by atoms with Crippen LogP contribution in [-0.4, -0.2) is 65.2 Å². The summed E-state index contributed by atoms with van der Waals surface area (Å²) in [6, 6.07) is 9.83. The lowest BCUT2D eigenvalue weighted by molar-refractivity contribution is 0.155. The topological polar surface area (TPSA) is 47.2 Å². The lowest BCUT2D eigenvalue weighted by Crippen LogP contribution is -2.54. The maximum atomic E-state index is 15.5. The van der Waals surface area contributed by atoms with Crippen LogP contribution in [0.15, 0.2) is 49.2 Å². The second-order valence-corrected chi connectivity index (χ2v) is 9.06. The molecule has 0 aliphatic carbocycles. The van der Waals surface area contributed by atoms with E-state index in [1.54, 1.807) is 12.3 Å². The van der Waals surface area contributed by atoms with Crippen molar-refractivity contribution in [1.82, 2.24) is 19.8 Å². The van der Waals surface area contributed by atoms with Crippen molar-refractivity contribution in [3.05, 3.63) is 72.0 Å². The Labute approximate surface area is 193 Å². The summed E-state index contributed by atoms with van der Waals surface area (Å²) in [5.74, 6) is -0.297. The first kappa shape index (κ1) is 22.0. The molecule has 0 radical (unpaired) electrons. The monoisotopic (exact) mass is 451 g/mol. The Hall–Kier alpha value is -2.77. The minimum Gasteiger partial charge on any atom is -0.378 e. The highest BCUT2D eigenvalue weighted by atomic mass is 19.1. The minimum atomic E-state index is -0.297. The molecule has 0 saturated carbocycles. The molecule has 1 fully saturated rings. The molecule has 1 saturated heterocycles. The summed E-state index contributed by atoms with van der Waals surface area (Å²) in [6.07, 6.45) is 5.98. The zero-order valence-corrected chi connectivity index (χ0v) is 18.9. The lowest BCUT2D eigenvalue weighted by Gasteiger charge is -2.40. The number of aromatic nitrogens is 2. The number of para-hydroxylation sites is 1. The van der Waals surface area contributed by atoms with Gasteiger partial charge in [0.1, 0.15) is 5.82 Å². The summed E-state index contributed by atoms with van der Waals surface area (Å²) in [7, 11) is 0. The number of aromatic amines is 1. The zero-order chi connectivity index (χ0) is 22.8. The molecule has 2 aromatic heterocycles. The van der Waals surface area contributed by atoms with Gasteiger partial charge < -0.3 is 10.3 Å². The van der Waals surface area contributed by atoms with Crippen LogP contribution in [0.1, 0.15) is 35.8 Å². The Morgan fingerprint density at radius 1 is 1.24 bits per heavy atom. The van der Waals surface area contributed by atoms with E-state index in [-0.39, 0.29) is 24.6 Å². The fourth-order valence-corrected chi connectivity index (χ4v) is 5.19. The third-order valence-electron chi connectivity index (χ3n) is 6.82. The van der Waals surface area contributed by atoms with E-state index in [1.165, 1.54) is 10.9 Å². The molecule has 4 heterocycles. The second-order valence-electron chi connectivity index (χ2n) is 9.06. The predicted molar refractivity (Wildman–Crippen MR) is 129 cm³/mol. The summed E-state index contributed by atoms with van der Waals surface area (Å²) in [5, 5.41) is 4.58. The van der Waals surface area contributed by atoms with Gasteiger partial charge in [0, 0.05) is 55.4 Å². The van der Waals surface area contributed by atoms with E-state index in [0.717, 1.165) is 56.8 Å². The average Bonchev–Trinajstić information content (AvgIpc) is 3.18. The molecule has 0 amide bonds. The van der Waals surface area contributed by atoms with Gasteiger partial charge in [-0.3, -0.25) is 19.2 Å². The third kappa shape index (κ3) is 4.39. The van der Waals surface area contributed by atoms with E-state index in [0.29, 0.717) is 17.8 Å². The smallest absolute Gasteiger partial charge is 0.148 e. The van der Waals surface area contributed by atoms with Crippen molar-refractivity contribution in [2.75, 3.05) is 44.7 Å². The molecule has 5 nitrogen and oxygen atoms in total. The van der Waals surface area contributed by atoms with Crippen molar-refractivity contribution in [1.29, 1.82) is 0 Å². The summed E-state index contributed by atoms with van der Waals surface area (Å²) < 4.78 is 27.8. The molecule has 3 aromatic rings. The maximum Gasteiger partial charge on any atom is 0.148 e. The van der Waals surface area contributed by atoms with E-state index in [2.05, 4.69) is 43.8 Å². The largest absolute Gasteiger partial charge is 0.378 e. The van der Waals surface area contributed by atoms with Gasteiger partial charge in [0.2, 0.25) is 0 Å². The van der Waals surface area contributed by atoms with Gasteiger partial charge in [-0.15, -0.1) is 6.58 Å². The summed E-state index contributed by atoms with van der Waals surface area (Å²) in [5.41, 5.74) is 4.53. The lowest BCUT2D eigenvalue weighted by atomic mass is 9.94. The van der Waals surface area contributed by atoms with Crippen LogP contribution in [-0.2, 0) is 6.42 Å². The molecule has 7 heteroatoms. The highest BCUT2D eigenvalue weighted by molar-refractivity contribution is 5.85. The van der Waals surface area contributed by atoms with Crippen LogP contribution in [0.4, 0.5) is 14.5 Å². The highest BCUT2D eigenvalue weighted by Crippen LogP contribution is 2.39. The van der Waals surface area contributed by atoms with Crippen molar-refractivity contribution >= 4 is 16.6 Å². The van der Waals surface area contributed by atoms with Crippen LogP contribution in [0.5, 0.6) is 0 Å². The first-order valence-corrected chi connectivity index (χ1v) is 11.8. The first-order chi connectivity index (χ1) is 16.2. The number of anilines is 1. The number of nitrogens with zero attached hydrogens (tertiary/aromatic N) is 3. The SMILES string of the molecule is C=CCCN1CCc2c([nH]c3ccccc23)[C@H]1c1ncc(NC2CN(CCCF)C2)cc1F. The maximum absolute atomic E-state index is 15.5. The van der Waals surface area contributed by atoms with Crippen molar-refractivity contribution in [2.45, 2.75) is 31.3 Å². The van der Waals surface area contributed by atoms with Gasteiger partial charge >= 0.3 is 0 Å². The molecule has 1 aromatic carbocycles. The second kappa shape index (κ2) is 9.61. The van der Waals surface area contributed by atoms with Gasteiger partial charge in [0.15, 0.2) is 0 Å². The molecule has 0 spiro atoms. The molecular formula is C26H31F2N5. The number of hydrogen-bond acceptors (Lipinski definition) is 4. The molecule has 0 bridgehead atoms. The summed E-state index contributed by atoms with van der Waals surface area (Å²) >= 11 is 0. The van der Waals surface area contributed by atoms with Crippen molar-refractivity contribution in [3.63, 3.8) is 0 Å². The number of fused-ring (bicyclic) bond motifs is 3. The summed E-state index contributed by atoms with van der Waals surface area (Å²) in [4.78, 5) is 12.7. The van der Waals surface area contributed by atoms with Crippen LogP contribution in [0.2, 0.25) is 0 Å². The Balaban J connectivity index is 1.40. The Bertz CT molecular complexity index is 1120. The Kier molecular flexibility index (Phi) is 6.42. The Morgan fingerprint density at radius 2 is 2.09 bits per heavy atom.